The highest BCUT2D eigenvalue weighted by Gasteiger charge is 2.23. The van der Waals surface area contributed by atoms with E-state index in [1.54, 1.807) is 6.07 Å². The number of carbonyl (C=O) groups is 2. The van der Waals surface area contributed by atoms with Crippen molar-refractivity contribution < 1.29 is 24.5 Å². The second-order valence-electron chi connectivity index (χ2n) is 6.57. The molecule has 3 rings (SSSR count). The van der Waals surface area contributed by atoms with Crippen molar-refractivity contribution in [3.63, 3.8) is 0 Å². The molecule has 3 aromatic rings. The Hall–Kier alpha value is -3.51. The Balaban J connectivity index is 1.75. The van der Waals surface area contributed by atoms with E-state index in [4.69, 9.17) is 11.6 Å². The first-order valence-corrected chi connectivity index (χ1v) is 9.55. The largest absolute Gasteiger partial charge is 0.507 e. The first-order valence-electron chi connectivity index (χ1n) is 9.17. The van der Waals surface area contributed by atoms with Crippen LogP contribution in [0.5, 0.6) is 11.5 Å². The fraction of sp³-hybridized carbons (Fsp3) is 0.130. The summed E-state index contributed by atoms with van der Waals surface area (Å²) >= 11 is 6.10. The second-order valence-corrected chi connectivity index (χ2v) is 6.95. The molecular formula is C23H20ClNO5. The zero-order valence-electron chi connectivity index (χ0n) is 16.2. The van der Waals surface area contributed by atoms with Gasteiger partial charge in [0.25, 0.3) is 0 Å². The Morgan fingerprint density at radius 3 is 2.37 bits per heavy atom. The average molecular weight is 426 g/mol. The van der Waals surface area contributed by atoms with Crippen molar-refractivity contribution in [2.75, 3.05) is 12.4 Å². The summed E-state index contributed by atoms with van der Waals surface area (Å²) in [5, 5.41) is 22.6. The third-order valence-electron chi connectivity index (χ3n) is 4.57. The van der Waals surface area contributed by atoms with Gasteiger partial charge in [-0.15, -0.1) is 0 Å². The Morgan fingerprint density at radius 1 is 0.967 bits per heavy atom. The van der Waals surface area contributed by atoms with Gasteiger partial charge in [0.05, 0.1) is 12.1 Å². The van der Waals surface area contributed by atoms with E-state index >= 15 is 0 Å². The van der Waals surface area contributed by atoms with Crippen LogP contribution in [0.25, 0.3) is 11.1 Å². The Morgan fingerprint density at radius 2 is 1.67 bits per heavy atom. The van der Waals surface area contributed by atoms with Gasteiger partial charge in [0, 0.05) is 18.2 Å². The highest BCUT2D eigenvalue weighted by molar-refractivity contribution is 6.33. The summed E-state index contributed by atoms with van der Waals surface area (Å²) in [6.07, 6.45) is -0.00237. The summed E-state index contributed by atoms with van der Waals surface area (Å²) in [6.45, 7) is 0. The number of benzene rings is 3. The monoisotopic (exact) mass is 425 g/mol. The van der Waals surface area contributed by atoms with Gasteiger partial charge in [-0.1, -0.05) is 54.1 Å². The Kier molecular flexibility index (Phi) is 6.59. The maximum atomic E-state index is 12.5. The summed E-state index contributed by atoms with van der Waals surface area (Å²) < 4.78 is 4.67. The first kappa shape index (κ1) is 21.2. The lowest BCUT2D eigenvalue weighted by molar-refractivity contribution is -0.116. The van der Waals surface area contributed by atoms with E-state index in [1.165, 1.54) is 7.11 Å². The van der Waals surface area contributed by atoms with E-state index in [-0.39, 0.29) is 40.6 Å². The number of hydrogen-bond acceptors (Lipinski definition) is 5. The van der Waals surface area contributed by atoms with E-state index < -0.39 is 11.7 Å². The van der Waals surface area contributed by atoms with Crippen LogP contribution in [-0.2, 0) is 16.0 Å². The molecule has 0 aromatic heterocycles. The molecule has 6 nitrogen and oxygen atoms in total. The zero-order chi connectivity index (χ0) is 21.7. The molecule has 0 aliphatic heterocycles. The average Bonchev–Trinajstić information content (AvgIpc) is 2.75. The van der Waals surface area contributed by atoms with E-state index in [1.807, 2.05) is 48.5 Å². The predicted molar refractivity (Wildman–Crippen MR) is 115 cm³/mol. The van der Waals surface area contributed by atoms with Crippen LogP contribution in [-0.4, -0.2) is 29.2 Å². The van der Waals surface area contributed by atoms with Gasteiger partial charge in [0.1, 0.15) is 17.1 Å². The number of ether oxygens (including phenoxy) is 1. The third kappa shape index (κ3) is 4.72. The number of methoxy groups -OCH3 is 1. The molecule has 0 aliphatic carbocycles. The molecule has 1 amide bonds. The van der Waals surface area contributed by atoms with Crippen LogP contribution in [0.1, 0.15) is 22.3 Å². The summed E-state index contributed by atoms with van der Waals surface area (Å²) in [4.78, 5) is 24.5. The molecule has 154 valence electrons. The van der Waals surface area contributed by atoms with Crippen LogP contribution >= 0.6 is 11.6 Å². The zero-order valence-corrected chi connectivity index (χ0v) is 16.9. The molecule has 0 heterocycles. The van der Waals surface area contributed by atoms with Crippen molar-refractivity contribution in [1.29, 1.82) is 0 Å². The van der Waals surface area contributed by atoms with Gasteiger partial charge in [-0.25, -0.2) is 4.79 Å². The number of anilines is 1. The summed E-state index contributed by atoms with van der Waals surface area (Å²) in [5.41, 5.74) is 2.59. The van der Waals surface area contributed by atoms with Crippen molar-refractivity contribution >= 4 is 29.2 Å². The van der Waals surface area contributed by atoms with Gasteiger partial charge < -0.3 is 20.3 Å². The number of phenols is 2. The lowest BCUT2D eigenvalue weighted by Gasteiger charge is -2.13. The van der Waals surface area contributed by atoms with Gasteiger partial charge >= 0.3 is 5.97 Å². The molecule has 0 radical (unpaired) electrons. The molecular weight excluding hydrogens is 406 g/mol. The van der Waals surface area contributed by atoms with Crippen LogP contribution in [0.4, 0.5) is 5.69 Å². The molecule has 0 saturated heterocycles. The molecule has 0 fully saturated rings. The van der Waals surface area contributed by atoms with Crippen molar-refractivity contribution in [3.05, 3.63) is 76.8 Å². The minimum atomic E-state index is -0.805. The quantitative estimate of drug-likeness (QED) is 0.494. The maximum Gasteiger partial charge on any atom is 0.341 e. The molecule has 0 unspecified atom stereocenters. The van der Waals surface area contributed by atoms with Crippen molar-refractivity contribution in [3.8, 4) is 22.6 Å². The Bertz CT molecular complexity index is 1080. The molecule has 3 aromatic carbocycles. The van der Waals surface area contributed by atoms with E-state index in [2.05, 4.69) is 10.1 Å². The number of phenolic OH excluding ortho intramolecular Hbond substituents is 2. The van der Waals surface area contributed by atoms with Crippen molar-refractivity contribution in [1.82, 2.24) is 0 Å². The smallest absolute Gasteiger partial charge is 0.341 e. The molecule has 0 atom stereocenters. The molecule has 3 N–H and O–H groups in total. The minimum Gasteiger partial charge on any atom is -0.507 e. The van der Waals surface area contributed by atoms with E-state index in [9.17, 15) is 19.8 Å². The number of esters is 1. The third-order valence-corrected chi connectivity index (χ3v) is 4.99. The van der Waals surface area contributed by atoms with Crippen LogP contribution in [0.2, 0.25) is 5.02 Å². The molecule has 0 bridgehead atoms. The SMILES string of the molecule is COC(=O)c1c(O)cc(O)c(Cl)c1CCC(=O)Nc1cccc(-c2ccccc2)c1. The molecule has 0 saturated carbocycles. The fourth-order valence-electron chi connectivity index (χ4n) is 3.12. The maximum absolute atomic E-state index is 12.5. The number of amides is 1. The Labute approximate surface area is 178 Å². The first-order chi connectivity index (χ1) is 14.4. The van der Waals surface area contributed by atoms with Gasteiger partial charge in [-0.05, 0) is 35.2 Å². The van der Waals surface area contributed by atoms with E-state index in [0.29, 0.717) is 5.69 Å². The summed E-state index contributed by atoms with van der Waals surface area (Å²) in [5.74, 6) is -1.96. The molecule has 0 spiro atoms. The standard InChI is InChI=1S/C23H20ClNO5/c1-30-23(29)21-17(22(24)19(27)13-18(21)26)10-11-20(28)25-16-9-5-8-15(12-16)14-6-3-2-4-7-14/h2-9,12-13,26-27H,10-11H2,1H3,(H,25,28). The molecule has 7 heteroatoms. The lowest BCUT2D eigenvalue weighted by Crippen LogP contribution is -2.14. The summed E-state index contributed by atoms with van der Waals surface area (Å²) in [7, 11) is 1.17. The number of aromatic hydroxyl groups is 2. The van der Waals surface area contributed by atoms with Gasteiger partial charge in [0.2, 0.25) is 5.91 Å². The van der Waals surface area contributed by atoms with Gasteiger partial charge in [0.15, 0.2) is 0 Å². The van der Waals surface area contributed by atoms with Crippen LogP contribution in [0.15, 0.2) is 60.7 Å². The van der Waals surface area contributed by atoms with Crippen LogP contribution < -0.4 is 5.32 Å². The summed E-state index contributed by atoms with van der Waals surface area (Å²) in [6, 6.07) is 18.2. The van der Waals surface area contributed by atoms with Gasteiger partial charge in [-0.3, -0.25) is 4.79 Å². The topological polar surface area (TPSA) is 95.9 Å². The molecule has 30 heavy (non-hydrogen) atoms. The fourth-order valence-corrected chi connectivity index (χ4v) is 3.36. The van der Waals surface area contributed by atoms with Crippen molar-refractivity contribution in [2.24, 2.45) is 0 Å². The number of carbonyl (C=O) groups excluding carboxylic acids is 2. The number of nitrogens with one attached hydrogen (secondary N) is 1. The molecule has 0 aliphatic rings. The van der Waals surface area contributed by atoms with Crippen LogP contribution in [0, 0.1) is 0 Å². The van der Waals surface area contributed by atoms with Crippen molar-refractivity contribution in [2.45, 2.75) is 12.8 Å². The minimum absolute atomic E-state index is 0.0232. The lowest BCUT2D eigenvalue weighted by atomic mass is 10.0. The predicted octanol–water partition coefficient (Wildman–Crippen LogP) is 4.78. The van der Waals surface area contributed by atoms with Gasteiger partial charge in [-0.2, -0.15) is 0 Å². The number of hydrogen-bond donors (Lipinski definition) is 3. The highest BCUT2D eigenvalue weighted by Crippen LogP contribution is 2.37. The highest BCUT2D eigenvalue weighted by atomic mass is 35.5. The number of halogens is 1. The van der Waals surface area contributed by atoms with E-state index in [0.717, 1.165) is 17.2 Å². The normalized spacial score (nSPS) is 10.5. The number of rotatable bonds is 6. The van der Waals surface area contributed by atoms with Crippen LogP contribution in [0.3, 0.4) is 0 Å². The second kappa shape index (κ2) is 9.33.